The highest BCUT2D eigenvalue weighted by atomic mass is 19.1. The summed E-state index contributed by atoms with van der Waals surface area (Å²) in [5.41, 5.74) is 3.63. The van der Waals surface area contributed by atoms with E-state index in [2.05, 4.69) is 21.2 Å². The lowest BCUT2D eigenvalue weighted by atomic mass is 9.98. The van der Waals surface area contributed by atoms with Crippen molar-refractivity contribution in [2.24, 2.45) is 15.7 Å². The molecule has 9 nitrogen and oxygen atoms in total. The maximum atomic E-state index is 14.4. The van der Waals surface area contributed by atoms with Crippen molar-refractivity contribution >= 4 is 18.2 Å². The zero-order chi connectivity index (χ0) is 16.1. The topological polar surface area (TPSA) is 133 Å². The molecule has 0 aliphatic carbocycles. The summed E-state index contributed by atoms with van der Waals surface area (Å²) in [5.74, 6) is 1.48. The second kappa shape index (κ2) is 4.91. The van der Waals surface area contributed by atoms with Gasteiger partial charge in [-0.2, -0.15) is 0 Å². The lowest BCUT2D eigenvalue weighted by Gasteiger charge is -2.32. The van der Waals surface area contributed by atoms with E-state index in [9.17, 15) is 19.4 Å². The number of aliphatic imine (C=N–C) groups is 2. The van der Waals surface area contributed by atoms with Crippen LogP contribution in [0.3, 0.4) is 0 Å². The number of aliphatic hydroxyl groups is 2. The highest BCUT2D eigenvalue weighted by molar-refractivity contribution is 6.02. The van der Waals surface area contributed by atoms with Crippen LogP contribution in [0.15, 0.2) is 9.98 Å². The van der Waals surface area contributed by atoms with E-state index < -0.39 is 48.8 Å². The van der Waals surface area contributed by atoms with Crippen molar-refractivity contribution in [3.05, 3.63) is 0 Å². The number of guanidine groups is 1. The van der Waals surface area contributed by atoms with Gasteiger partial charge in [0.15, 0.2) is 36.2 Å². The van der Waals surface area contributed by atoms with E-state index in [0.29, 0.717) is 0 Å². The number of carbonyl (C=O) groups is 1. The zero-order valence-corrected chi connectivity index (χ0v) is 11.3. The molecule has 3 heterocycles. The van der Waals surface area contributed by atoms with Crippen LogP contribution in [0.5, 0.6) is 0 Å². The number of alkyl halides is 1. The first-order valence-corrected chi connectivity index (χ1v) is 6.47. The van der Waals surface area contributed by atoms with E-state index in [1.54, 1.807) is 0 Å². The summed E-state index contributed by atoms with van der Waals surface area (Å²) in [4.78, 5) is 20.9. The van der Waals surface area contributed by atoms with Crippen LogP contribution in [0.4, 0.5) is 4.39 Å². The van der Waals surface area contributed by atoms with Crippen molar-refractivity contribution in [1.29, 1.82) is 0 Å². The quantitative estimate of drug-likeness (QED) is 0.399. The zero-order valence-electron chi connectivity index (χ0n) is 11.3. The Morgan fingerprint density at radius 2 is 2.41 bits per heavy atom. The number of hydrogen-bond acceptors (Lipinski definition) is 8. The summed E-state index contributed by atoms with van der Waals surface area (Å²) in [6, 6.07) is -0.893. The largest absolute Gasteiger partial charge is 0.392 e. The summed E-state index contributed by atoms with van der Waals surface area (Å²) < 4.78 is 19.7. The normalized spacial score (nSPS) is 43.5. The molecule has 118 valence electrons. The van der Waals surface area contributed by atoms with E-state index in [1.807, 2.05) is 0 Å². The van der Waals surface area contributed by atoms with Gasteiger partial charge in [0.2, 0.25) is 0 Å². The molecular formula is C12H14FN5O4. The van der Waals surface area contributed by atoms with Gasteiger partial charge in [-0.1, -0.05) is 5.92 Å². The van der Waals surface area contributed by atoms with E-state index in [1.165, 1.54) is 11.2 Å². The van der Waals surface area contributed by atoms with Gasteiger partial charge in [0.05, 0.1) is 12.9 Å². The van der Waals surface area contributed by atoms with Crippen LogP contribution in [0.1, 0.15) is 0 Å². The molecule has 5 N–H and O–H groups in total. The summed E-state index contributed by atoms with van der Waals surface area (Å²) in [5, 5.41) is 21.6. The molecule has 3 aliphatic heterocycles. The lowest BCUT2D eigenvalue weighted by Crippen LogP contribution is -2.56. The second-order valence-electron chi connectivity index (χ2n) is 5.16. The van der Waals surface area contributed by atoms with Crippen LogP contribution >= 0.6 is 0 Å². The van der Waals surface area contributed by atoms with Crippen LogP contribution < -0.4 is 11.1 Å². The molecule has 3 aliphatic rings. The van der Waals surface area contributed by atoms with Gasteiger partial charge >= 0.3 is 0 Å². The molecule has 0 spiro atoms. The molecule has 3 rings (SSSR count). The van der Waals surface area contributed by atoms with Crippen molar-refractivity contribution in [2.45, 2.75) is 36.3 Å². The minimum Gasteiger partial charge on any atom is -0.392 e. The number of nitrogens with two attached hydrogens (primary N) is 1. The van der Waals surface area contributed by atoms with Crippen molar-refractivity contribution in [1.82, 2.24) is 10.2 Å². The number of carbonyl (C=O) groups excluding carboxylic acids is 1. The average molecular weight is 311 g/mol. The van der Waals surface area contributed by atoms with Crippen LogP contribution in [0.25, 0.3) is 0 Å². The highest BCUT2D eigenvalue weighted by Crippen LogP contribution is 2.36. The predicted octanol–water partition coefficient (Wildman–Crippen LogP) is -3.11. The Kier molecular flexibility index (Phi) is 3.28. The Morgan fingerprint density at radius 1 is 1.68 bits per heavy atom. The fourth-order valence-electron chi connectivity index (χ4n) is 2.67. The van der Waals surface area contributed by atoms with Crippen LogP contribution in [0, 0.1) is 12.3 Å². The molecule has 1 amide bonds. The number of fused-ring (bicyclic) bond motifs is 1. The van der Waals surface area contributed by atoms with Gasteiger partial charge in [-0.05, 0) is 0 Å². The first-order valence-electron chi connectivity index (χ1n) is 6.47. The summed E-state index contributed by atoms with van der Waals surface area (Å²) >= 11 is 0. The first-order chi connectivity index (χ1) is 10.4. The van der Waals surface area contributed by atoms with Crippen molar-refractivity contribution in [3.63, 3.8) is 0 Å². The van der Waals surface area contributed by atoms with E-state index in [0.717, 1.165) is 0 Å². The molecule has 6 atom stereocenters. The third kappa shape index (κ3) is 1.87. The Morgan fingerprint density at radius 3 is 3.00 bits per heavy atom. The third-order valence-corrected chi connectivity index (χ3v) is 3.90. The van der Waals surface area contributed by atoms with Gasteiger partial charge in [0.25, 0.3) is 5.91 Å². The SMILES string of the molecule is C#C[C@]1(CO)O[C@@H](N2C=NC3C(=O)NC(N)=NC32)[C@H](F)[C@@H]1O. The van der Waals surface area contributed by atoms with E-state index in [-0.39, 0.29) is 5.96 Å². The fraction of sp³-hybridized carbons (Fsp3) is 0.583. The Labute approximate surface area is 124 Å². The summed E-state index contributed by atoms with van der Waals surface area (Å²) in [7, 11) is 0. The number of terminal acetylenes is 1. The Bertz CT molecular complexity index is 605. The minimum absolute atomic E-state index is 0.124. The van der Waals surface area contributed by atoms with Crippen molar-refractivity contribution in [2.75, 3.05) is 6.61 Å². The molecule has 0 aromatic heterocycles. The van der Waals surface area contributed by atoms with Gasteiger partial charge in [-0.15, -0.1) is 6.42 Å². The van der Waals surface area contributed by atoms with Gasteiger partial charge in [-0.25, -0.2) is 9.38 Å². The molecule has 1 fully saturated rings. The molecule has 0 bridgehead atoms. The molecule has 0 radical (unpaired) electrons. The van der Waals surface area contributed by atoms with Crippen LogP contribution in [0.2, 0.25) is 0 Å². The summed E-state index contributed by atoms with van der Waals surface area (Å²) in [6.45, 7) is -0.757. The monoisotopic (exact) mass is 311 g/mol. The molecule has 0 aromatic carbocycles. The number of nitrogens with one attached hydrogen (secondary N) is 1. The first kappa shape index (κ1) is 14.7. The number of amides is 1. The predicted molar refractivity (Wildman–Crippen MR) is 72.1 cm³/mol. The molecule has 22 heavy (non-hydrogen) atoms. The molecule has 10 heteroatoms. The summed E-state index contributed by atoms with van der Waals surface area (Å²) in [6.07, 6.45) is 0.558. The number of ether oxygens (including phenoxy) is 1. The van der Waals surface area contributed by atoms with Gasteiger partial charge < -0.3 is 25.6 Å². The number of nitrogens with zero attached hydrogens (tertiary/aromatic N) is 3. The lowest BCUT2D eigenvalue weighted by molar-refractivity contribution is -0.125. The van der Waals surface area contributed by atoms with E-state index in [4.69, 9.17) is 16.9 Å². The highest BCUT2D eigenvalue weighted by Gasteiger charge is 2.58. The fourth-order valence-corrected chi connectivity index (χ4v) is 2.67. The number of aliphatic hydroxyl groups excluding tert-OH is 2. The molecule has 0 saturated carbocycles. The molecule has 0 aromatic rings. The van der Waals surface area contributed by atoms with Crippen molar-refractivity contribution < 1.29 is 24.1 Å². The smallest absolute Gasteiger partial charge is 0.255 e. The Balaban J connectivity index is 1.90. The third-order valence-electron chi connectivity index (χ3n) is 3.90. The second-order valence-corrected chi connectivity index (χ2v) is 5.16. The molecule has 2 unspecified atom stereocenters. The number of rotatable bonds is 2. The Hall–Kier alpha value is -2.22. The molecule has 1 saturated heterocycles. The van der Waals surface area contributed by atoms with Crippen LogP contribution in [-0.4, -0.2) is 76.2 Å². The van der Waals surface area contributed by atoms with Gasteiger partial charge in [-0.3, -0.25) is 15.1 Å². The minimum atomic E-state index is -1.92. The van der Waals surface area contributed by atoms with Crippen molar-refractivity contribution in [3.8, 4) is 12.3 Å². The standard InChI is InChI=1S/C12H14FN5O4/c1-2-12(3-19)7(20)5(13)10(22-12)18-4-15-6-8(18)16-11(14)17-9(6)21/h1,4-8,10,19-20H,3H2,(H3,14,16,17,21)/t5-,6?,7+,8?,10-,12-/m1/s1. The van der Waals surface area contributed by atoms with Gasteiger partial charge in [0, 0.05) is 0 Å². The van der Waals surface area contributed by atoms with E-state index >= 15 is 0 Å². The maximum Gasteiger partial charge on any atom is 0.255 e. The average Bonchev–Trinajstić information content (AvgIpc) is 3.01. The van der Waals surface area contributed by atoms with Crippen LogP contribution in [-0.2, 0) is 9.53 Å². The number of halogens is 1. The molecular weight excluding hydrogens is 297 g/mol. The van der Waals surface area contributed by atoms with Gasteiger partial charge in [0.1, 0.15) is 6.10 Å². The maximum absolute atomic E-state index is 14.4. The number of hydrogen-bond donors (Lipinski definition) is 4.